The van der Waals surface area contributed by atoms with Crippen LogP contribution in [0.3, 0.4) is 0 Å². The minimum Gasteiger partial charge on any atom is -0.481 e. The maximum atomic E-state index is 13.5. The molecule has 1 rings (SSSR count). The average molecular weight is 730 g/mol. The van der Waals surface area contributed by atoms with Gasteiger partial charge in [-0.05, 0) is 13.3 Å². The van der Waals surface area contributed by atoms with E-state index < -0.39 is 140 Å². The summed E-state index contributed by atoms with van der Waals surface area (Å²) >= 11 is 0. The van der Waals surface area contributed by atoms with Crippen molar-refractivity contribution in [1.82, 2.24) is 36.6 Å². The lowest BCUT2D eigenvalue weighted by atomic mass is 10.1. The van der Waals surface area contributed by atoms with Crippen LogP contribution in [0.25, 0.3) is 0 Å². The van der Waals surface area contributed by atoms with Crippen molar-refractivity contribution in [2.75, 3.05) is 0 Å². The highest BCUT2D eigenvalue weighted by Gasteiger charge is 2.35. The van der Waals surface area contributed by atoms with Crippen LogP contribution in [0.15, 0.2) is 12.5 Å². The third kappa shape index (κ3) is 15.7. The predicted octanol–water partition coefficient (Wildman–Crippen LogP) is -6.14. The first kappa shape index (κ1) is 42.9. The van der Waals surface area contributed by atoms with E-state index in [0.29, 0.717) is 0 Å². The third-order valence-electron chi connectivity index (χ3n) is 6.76. The molecule has 0 aromatic carbocycles. The first-order valence-corrected chi connectivity index (χ1v) is 14.8. The van der Waals surface area contributed by atoms with E-state index in [4.69, 9.17) is 21.7 Å². The van der Waals surface area contributed by atoms with Crippen molar-refractivity contribution in [3.05, 3.63) is 18.2 Å². The predicted molar refractivity (Wildman–Crippen MR) is 164 cm³/mol. The van der Waals surface area contributed by atoms with Gasteiger partial charge < -0.3 is 68.6 Å². The first-order valence-electron chi connectivity index (χ1n) is 14.8. The highest BCUT2D eigenvalue weighted by atomic mass is 16.4. The van der Waals surface area contributed by atoms with Crippen LogP contribution in [-0.2, 0) is 54.4 Å². The summed E-state index contributed by atoms with van der Waals surface area (Å²) in [6.45, 7) is 1.18. The number of imidazole rings is 1. The number of carbonyl (C=O) groups excluding carboxylic acids is 6. The van der Waals surface area contributed by atoms with Gasteiger partial charge in [0.15, 0.2) is 0 Å². The molecule has 51 heavy (non-hydrogen) atoms. The van der Waals surface area contributed by atoms with E-state index in [1.807, 2.05) is 10.6 Å². The van der Waals surface area contributed by atoms with Crippen molar-refractivity contribution < 1.29 is 73.5 Å². The molecule has 0 aliphatic heterocycles. The number of nitrogens with zero attached hydrogens (tertiary/aromatic N) is 1. The van der Waals surface area contributed by atoms with Crippen LogP contribution in [0.1, 0.15) is 44.7 Å². The molecule has 0 aliphatic rings. The van der Waals surface area contributed by atoms with E-state index in [1.165, 1.54) is 19.4 Å². The van der Waals surface area contributed by atoms with Crippen LogP contribution in [0.5, 0.6) is 0 Å². The molecule has 1 aromatic heterocycles. The molecule has 0 unspecified atom stereocenters. The normalized spacial score (nSPS) is 14.9. The van der Waals surface area contributed by atoms with E-state index in [0.717, 1.165) is 0 Å². The number of carboxylic acids is 4. The monoisotopic (exact) mass is 729 g/mol. The van der Waals surface area contributed by atoms with Crippen LogP contribution >= 0.6 is 0 Å². The second kappa shape index (κ2) is 20.4. The number of nitrogens with two attached hydrogens (primary N) is 2. The fraction of sp³-hybridized carbons (Fsp3) is 0.519. The lowest BCUT2D eigenvalue weighted by Crippen LogP contribution is -2.60. The summed E-state index contributed by atoms with van der Waals surface area (Å²) in [6.07, 6.45) is -3.74. The molecule has 0 saturated heterocycles. The van der Waals surface area contributed by atoms with E-state index in [2.05, 4.69) is 25.9 Å². The lowest BCUT2D eigenvalue weighted by Gasteiger charge is -2.26. The number of carbonyl (C=O) groups is 10. The van der Waals surface area contributed by atoms with E-state index in [-0.39, 0.29) is 5.69 Å². The zero-order valence-electron chi connectivity index (χ0n) is 26.9. The zero-order chi connectivity index (χ0) is 39.0. The Bertz CT molecular complexity index is 1470. The first-order chi connectivity index (χ1) is 23.7. The van der Waals surface area contributed by atoms with Crippen molar-refractivity contribution in [1.29, 1.82) is 0 Å². The summed E-state index contributed by atoms with van der Waals surface area (Å²) < 4.78 is 0. The molecule has 1 heterocycles. The van der Waals surface area contributed by atoms with E-state index in [9.17, 15) is 63.3 Å². The Hall–Kier alpha value is -6.17. The minimum atomic E-state index is -2.04. The number of hydrogen-bond acceptors (Lipinski definition) is 13. The molecular formula is C27H39N9O15. The summed E-state index contributed by atoms with van der Waals surface area (Å²) in [5, 5.41) is 56.6. The molecule has 0 radical (unpaired) electrons. The van der Waals surface area contributed by atoms with Gasteiger partial charge in [-0.15, -0.1) is 0 Å². The molecule has 0 fully saturated rings. The number of amides is 6. The molecule has 24 nitrogen and oxygen atoms in total. The molecule has 1 aromatic rings. The second-order valence-electron chi connectivity index (χ2n) is 11.0. The number of primary amides is 1. The van der Waals surface area contributed by atoms with Gasteiger partial charge in [0, 0.05) is 24.7 Å². The fourth-order valence-corrected chi connectivity index (χ4v) is 4.11. The van der Waals surface area contributed by atoms with Crippen LogP contribution in [0.2, 0.25) is 0 Å². The number of H-pyrrole nitrogens is 1. The Morgan fingerprint density at radius 1 is 0.686 bits per heavy atom. The van der Waals surface area contributed by atoms with Crippen molar-refractivity contribution in [3.8, 4) is 0 Å². The molecule has 282 valence electrons. The average Bonchev–Trinajstić information content (AvgIpc) is 3.53. The van der Waals surface area contributed by atoms with E-state index >= 15 is 0 Å². The number of aliphatic carboxylic acids is 4. The van der Waals surface area contributed by atoms with Gasteiger partial charge in [0.25, 0.3) is 0 Å². The van der Waals surface area contributed by atoms with Crippen molar-refractivity contribution in [3.63, 3.8) is 0 Å². The smallest absolute Gasteiger partial charge is 0.326 e. The Labute approximate surface area is 287 Å². The van der Waals surface area contributed by atoms with Gasteiger partial charge in [-0.25, -0.2) is 9.78 Å². The highest BCUT2D eigenvalue weighted by molar-refractivity contribution is 5.99. The zero-order valence-corrected chi connectivity index (χ0v) is 26.9. The SMILES string of the molecule is C[C@@H](O)[C@H](N)C(=O)N[C@@H](CCC(=O)O)C(=O)N[C@@H](Cc1cnc[nH]1)C(=O)N[C@@H](CC(=O)O)C(=O)N[C@@H](CC(N)=O)C(=O)N[C@@H](CC(=O)O)C(=O)O. The van der Waals surface area contributed by atoms with Gasteiger partial charge in [0.1, 0.15) is 36.3 Å². The summed E-state index contributed by atoms with van der Waals surface area (Å²) in [4.78, 5) is 128. The van der Waals surface area contributed by atoms with Crippen molar-refractivity contribution in [2.45, 2.75) is 87.8 Å². The minimum absolute atomic E-state index is 0.212. The molecule has 0 saturated carbocycles. The van der Waals surface area contributed by atoms with Gasteiger partial charge in [-0.1, -0.05) is 0 Å². The van der Waals surface area contributed by atoms with Gasteiger partial charge in [-0.2, -0.15) is 0 Å². The van der Waals surface area contributed by atoms with Crippen molar-refractivity contribution >= 4 is 59.3 Å². The maximum Gasteiger partial charge on any atom is 0.326 e. The number of aromatic nitrogens is 2. The number of hydrogen-bond donors (Lipinski definition) is 13. The fourth-order valence-electron chi connectivity index (χ4n) is 4.11. The summed E-state index contributed by atoms with van der Waals surface area (Å²) in [5.41, 5.74) is 10.9. The van der Waals surface area contributed by atoms with Crippen LogP contribution in [0, 0.1) is 0 Å². The van der Waals surface area contributed by atoms with Crippen molar-refractivity contribution in [2.24, 2.45) is 11.5 Å². The number of aromatic amines is 1. The molecule has 24 heteroatoms. The molecule has 0 spiro atoms. The Balaban J connectivity index is 3.36. The number of nitrogens with one attached hydrogen (secondary N) is 6. The number of rotatable bonds is 23. The number of aliphatic hydroxyl groups is 1. The quantitative estimate of drug-likeness (QED) is 0.0498. The highest BCUT2D eigenvalue weighted by Crippen LogP contribution is 2.07. The van der Waals surface area contributed by atoms with Crippen LogP contribution < -0.4 is 38.1 Å². The molecule has 15 N–H and O–H groups in total. The number of carboxylic acid groups (broad SMARTS) is 4. The Kier molecular flexibility index (Phi) is 17.1. The summed E-state index contributed by atoms with van der Waals surface area (Å²) in [5.74, 6) is -13.9. The van der Waals surface area contributed by atoms with Crippen LogP contribution in [0.4, 0.5) is 0 Å². The van der Waals surface area contributed by atoms with E-state index in [1.54, 1.807) is 0 Å². The number of aliphatic hydroxyl groups excluding tert-OH is 1. The lowest BCUT2D eigenvalue weighted by molar-refractivity contribution is -0.147. The topological polar surface area (TPSA) is 413 Å². The second-order valence-corrected chi connectivity index (χ2v) is 11.0. The summed E-state index contributed by atoms with van der Waals surface area (Å²) in [7, 11) is 0. The molecule has 6 amide bonds. The third-order valence-corrected chi connectivity index (χ3v) is 6.76. The molecule has 7 atom stereocenters. The molecular weight excluding hydrogens is 690 g/mol. The molecule has 0 bridgehead atoms. The van der Waals surface area contributed by atoms with Gasteiger partial charge in [-0.3, -0.25) is 43.2 Å². The Morgan fingerprint density at radius 3 is 1.59 bits per heavy atom. The van der Waals surface area contributed by atoms with Gasteiger partial charge >= 0.3 is 23.9 Å². The standard InChI is InChI=1S/C27H39N9O15/c1-10(37)21(29)26(49)32-12(2-3-18(39)40)22(45)33-13(4-11-8-30-9-31-11)23(46)35-15(6-19(41)42)25(48)34-14(5-17(28)38)24(47)36-16(27(50)51)7-20(43)44/h8-10,12-16,21,37H,2-7,29H2,1H3,(H2,28,38)(H,30,31)(H,32,49)(H,33,45)(H,34,48)(H,35,46)(H,36,47)(H,39,40)(H,41,42)(H,43,44)(H,50,51)/t10-,12+,13+,14+,15+,16+,21+/m1/s1. The van der Waals surface area contributed by atoms with Crippen LogP contribution in [-0.4, -0.2) is 137 Å². The summed E-state index contributed by atoms with van der Waals surface area (Å²) in [6, 6.07) is -10.9. The maximum absolute atomic E-state index is 13.5. The largest absolute Gasteiger partial charge is 0.481 e. The van der Waals surface area contributed by atoms with Gasteiger partial charge in [0.05, 0.1) is 31.7 Å². The Morgan fingerprint density at radius 2 is 1.14 bits per heavy atom. The van der Waals surface area contributed by atoms with Gasteiger partial charge in [0.2, 0.25) is 35.4 Å². The molecule has 0 aliphatic carbocycles.